The normalized spacial score (nSPS) is 10.9. The van der Waals surface area contributed by atoms with Crippen molar-refractivity contribution in [3.63, 3.8) is 0 Å². The van der Waals surface area contributed by atoms with Crippen LogP contribution < -0.4 is 0 Å². The van der Waals surface area contributed by atoms with Crippen LogP contribution in [0, 0.1) is 16.0 Å². The van der Waals surface area contributed by atoms with Crippen molar-refractivity contribution in [3.8, 4) is 0 Å². The predicted octanol–water partition coefficient (Wildman–Crippen LogP) is 2.91. The monoisotopic (exact) mass is 258 g/mol. The number of benzene rings is 1. The minimum atomic E-state index is -0.432. The molecule has 0 saturated carbocycles. The zero-order valence-electron chi connectivity index (χ0n) is 10.8. The number of hydrogen-bond acceptors (Lipinski definition) is 4. The molecule has 0 saturated heterocycles. The number of carbonyl (C=O) groups excluding carboxylic acids is 1. The fourth-order valence-electron chi connectivity index (χ4n) is 1.94. The summed E-state index contributed by atoms with van der Waals surface area (Å²) in [6, 6.07) is 4.80. The number of carbonyl (C=O) groups is 1. The highest BCUT2D eigenvalue weighted by Gasteiger charge is 2.16. The lowest BCUT2D eigenvalue weighted by molar-refractivity contribution is -0.383. The molecule has 0 amide bonds. The number of Topliss-reactive ketones (excluding diaryl/α,β-unsaturated/α-hetero) is 1. The molecule has 0 aliphatic rings. The molecule has 0 radical (unpaired) electrons. The van der Waals surface area contributed by atoms with Gasteiger partial charge >= 0.3 is 0 Å². The number of aromatic nitrogens is 1. The maximum atomic E-state index is 11.8. The van der Waals surface area contributed by atoms with Crippen molar-refractivity contribution in [2.75, 3.05) is 0 Å². The molecule has 5 heteroatoms. The summed E-state index contributed by atoms with van der Waals surface area (Å²) in [4.78, 5) is 26.3. The van der Waals surface area contributed by atoms with E-state index >= 15 is 0 Å². The second-order valence-electron chi connectivity index (χ2n) is 4.72. The third kappa shape index (κ3) is 2.59. The maximum Gasteiger partial charge on any atom is 0.278 e. The molecule has 0 aliphatic carbocycles. The number of pyridine rings is 1. The fourth-order valence-corrected chi connectivity index (χ4v) is 1.94. The summed E-state index contributed by atoms with van der Waals surface area (Å²) in [5.41, 5.74) is 0.825. The molecule has 5 nitrogen and oxygen atoms in total. The largest absolute Gasteiger partial charge is 0.299 e. The second kappa shape index (κ2) is 5.14. The summed E-state index contributed by atoms with van der Waals surface area (Å²) in [6.45, 7) is 3.69. The van der Waals surface area contributed by atoms with E-state index in [0.29, 0.717) is 5.39 Å². The van der Waals surface area contributed by atoms with Crippen LogP contribution in [0.15, 0.2) is 30.6 Å². The first-order valence-electron chi connectivity index (χ1n) is 6.03. The molecule has 0 spiro atoms. The van der Waals surface area contributed by atoms with Crippen molar-refractivity contribution in [2.24, 2.45) is 5.92 Å². The first kappa shape index (κ1) is 13.1. The summed E-state index contributed by atoms with van der Waals surface area (Å²) in [7, 11) is 0. The molecular formula is C14H14N2O3. The van der Waals surface area contributed by atoms with Crippen LogP contribution >= 0.6 is 0 Å². The standard InChI is InChI=1S/C14H14N2O3/c1-9(2)14(17)7-10-3-4-13(16(18)19)12-8-15-6-5-11(10)12/h3-6,8-9H,7H2,1-2H3. The highest BCUT2D eigenvalue weighted by atomic mass is 16.6. The van der Waals surface area contributed by atoms with Crippen molar-refractivity contribution in [3.05, 3.63) is 46.3 Å². The van der Waals surface area contributed by atoms with E-state index in [1.165, 1.54) is 12.3 Å². The molecular weight excluding hydrogens is 244 g/mol. The van der Waals surface area contributed by atoms with E-state index in [2.05, 4.69) is 4.98 Å². The number of nitro benzene ring substituents is 1. The quantitative estimate of drug-likeness (QED) is 0.624. The van der Waals surface area contributed by atoms with Gasteiger partial charge < -0.3 is 0 Å². The molecule has 1 aromatic heterocycles. The van der Waals surface area contributed by atoms with Gasteiger partial charge in [0.25, 0.3) is 5.69 Å². The molecule has 0 N–H and O–H groups in total. The molecule has 19 heavy (non-hydrogen) atoms. The van der Waals surface area contributed by atoms with Crippen LogP contribution in [0.25, 0.3) is 10.8 Å². The average Bonchev–Trinajstić information content (AvgIpc) is 2.38. The van der Waals surface area contributed by atoms with Crippen LogP contribution in [0.2, 0.25) is 0 Å². The van der Waals surface area contributed by atoms with Gasteiger partial charge in [0.05, 0.1) is 10.3 Å². The molecule has 98 valence electrons. The molecule has 0 unspecified atom stereocenters. The van der Waals surface area contributed by atoms with Gasteiger partial charge in [-0.2, -0.15) is 0 Å². The third-order valence-corrected chi connectivity index (χ3v) is 3.09. The van der Waals surface area contributed by atoms with E-state index < -0.39 is 4.92 Å². The van der Waals surface area contributed by atoms with Crippen LogP contribution in [0.1, 0.15) is 19.4 Å². The van der Waals surface area contributed by atoms with Gasteiger partial charge in [-0.3, -0.25) is 19.9 Å². The minimum absolute atomic E-state index is 0.0174. The van der Waals surface area contributed by atoms with Gasteiger partial charge in [-0.1, -0.05) is 19.9 Å². The number of fused-ring (bicyclic) bond motifs is 1. The second-order valence-corrected chi connectivity index (χ2v) is 4.72. The Morgan fingerprint density at radius 3 is 2.68 bits per heavy atom. The molecule has 1 heterocycles. The molecule has 0 fully saturated rings. The van der Waals surface area contributed by atoms with Crippen molar-refractivity contribution in [1.82, 2.24) is 4.98 Å². The number of hydrogen-bond donors (Lipinski definition) is 0. The van der Waals surface area contributed by atoms with E-state index in [-0.39, 0.29) is 23.8 Å². The molecule has 2 aromatic rings. The first-order chi connectivity index (χ1) is 9.00. The fraction of sp³-hybridized carbons (Fsp3) is 0.286. The Kier molecular flexibility index (Phi) is 3.55. The lowest BCUT2D eigenvalue weighted by atomic mass is 9.96. The van der Waals surface area contributed by atoms with Gasteiger partial charge in [-0.05, 0) is 17.0 Å². The van der Waals surface area contributed by atoms with E-state index in [0.717, 1.165) is 10.9 Å². The van der Waals surface area contributed by atoms with Crippen LogP contribution in [0.3, 0.4) is 0 Å². The van der Waals surface area contributed by atoms with Crippen LogP contribution in [0.5, 0.6) is 0 Å². The lowest BCUT2D eigenvalue weighted by Gasteiger charge is -2.08. The van der Waals surface area contributed by atoms with Gasteiger partial charge in [-0.15, -0.1) is 0 Å². The Morgan fingerprint density at radius 2 is 2.05 bits per heavy atom. The first-order valence-corrected chi connectivity index (χ1v) is 6.03. The van der Waals surface area contributed by atoms with Gasteiger partial charge in [0.15, 0.2) is 0 Å². The summed E-state index contributed by atoms with van der Waals surface area (Å²) in [5, 5.41) is 12.2. The lowest BCUT2D eigenvalue weighted by Crippen LogP contribution is -2.10. The Labute approximate surface area is 110 Å². The van der Waals surface area contributed by atoms with Crippen molar-refractivity contribution in [1.29, 1.82) is 0 Å². The number of ketones is 1. The van der Waals surface area contributed by atoms with Gasteiger partial charge in [0.2, 0.25) is 0 Å². The van der Waals surface area contributed by atoms with Crippen LogP contribution in [-0.2, 0) is 11.2 Å². The van der Waals surface area contributed by atoms with E-state index in [4.69, 9.17) is 0 Å². The Hall–Kier alpha value is -2.30. The number of nitrogens with zero attached hydrogens (tertiary/aromatic N) is 2. The molecule has 2 rings (SSSR count). The van der Waals surface area contributed by atoms with E-state index in [1.54, 1.807) is 18.3 Å². The minimum Gasteiger partial charge on any atom is -0.299 e. The van der Waals surface area contributed by atoms with Crippen molar-refractivity contribution in [2.45, 2.75) is 20.3 Å². The molecule has 0 atom stereocenters. The Balaban J connectivity index is 2.56. The molecule has 0 aliphatic heterocycles. The predicted molar refractivity (Wildman–Crippen MR) is 71.9 cm³/mol. The van der Waals surface area contributed by atoms with Crippen molar-refractivity contribution >= 4 is 22.2 Å². The SMILES string of the molecule is CC(C)C(=O)Cc1ccc([N+](=O)[O-])c2cnccc12. The van der Waals surface area contributed by atoms with Gasteiger partial charge in [0.1, 0.15) is 5.78 Å². The average molecular weight is 258 g/mol. The summed E-state index contributed by atoms with van der Waals surface area (Å²) < 4.78 is 0. The maximum absolute atomic E-state index is 11.8. The number of rotatable bonds is 4. The summed E-state index contributed by atoms with van der Waals surface area (Å²) in [5.74, 6) is 0.0686. The molecule has 1 aromatic carbocycles. The highest BCUT2D eigenvalue weighted by molar-refractivity contribution is 5.95. The molecule has 0 bridgehead atoms. The zero-order chi connectivity index (χ0) is 14.0. The Morgan fingerprint density at radius 1 is 1.32 bits per heavy atom. The highest BCUT2D eigenvalue weighted by Crippen LogP contribution is 2.28. The number of non-ortho nitro benzene ring substituents is 1. The summed E-state index contributed by atoms with van der Waals surface area (Å²) in [6.07, 6.45) is 3.34. The Bertz CT molecular complexity index is 650. The van der Waals surface area contributed by atoms with E-state index in [1.807, 2.05) is 13.8 Å². The topological polar surface area (TPSA) is 73.1 Å². The van der Waals surface area contributed by atoms with Crippen LogP contribution in [-0.4, -0.2) is 15.7 Å². The van der Waals surface area contributed by atoms with Crippen molar-refractivity contribution < 1.29 is 9.72 Å². The van der Waals surface area contributed by atoms with E-state index in [9.17, 15) is 14.9 Å². The zero-order valence-corrected chi connectivity index (χ0v) is 10.8. The number of nitro groups is 1. The van der Waals surface area contributed by atoms with Crippen LogP contribution in [0.4, 0.5) is 5.69 Å². The third-order valence-electron chi connectivity index (χ3n) is 3.09. The van der Waals surface area contributed by atoms with Gasteiger partial charge in [-0.25, -0.2) is 0 Å². The van der Waals surface area contributed by atoms with Gasteiger partial charge in [0, 0.05) is 30.8 Å². The smallest absolute Gasteiger partial charge is 0.278 e. The summed E-state index contributed by atoms with van der Waals surface area (Å²) >= 11 is 0.